The number of carboxylic acid groups (broad SMARTS) is 1. The minimum Gasteiger partial charge on any atom is -0.550 e. The second kappa shape index (κ2) is 3.93. The Morgan fingerprint density at radius 2 is 2.40 bits per heavy atom. The second-order valence-corrected chi connectivity index (χ2v) is 3.95. The van der Waals surface area contributed by atoms with Crippen molar-refractivity contribution in [2.24, 2.45) is 0 Å². The Morgan fingerprint density at radius 1 is 1.60 bits per heavy atom. The summed E-state index contributed by atoms with van der Waals surface area (Å²) in [7, 11) is 0. The van der Waals surface area contributed by atoms with Crippen LogP contribution in [0.4, 0.5) is 0 Å². The smallest absolute Gasteiger partial charge is 0.123 e. The summed E-state index contributed by atoms with van der Waals surface area (Å²) in [5, 5.41) is 10.3. The summed E-state index contributed by atoms with van der Waals surface area (Å²) in [5.41, 5.74) is 2.22. The number of carbonyl (C=O) groups is 1. The number of hydrogen-bond donors (Lipinski definition) is 0. The minimum absolute atomic E-state index is 0.0786. The Hall–Kier alpha value is -1.51. The zero-order valence-corrected chi connectivity index (χ0v) is 8.66. The molecular formula is C12H13O3-. The summed E-state index contributed by atoms with van der Waals surface area (Å²) < 4.78 is 5.56. The maximum absolute atomic E-state index is 10.3. The Kier molecular flexibility index (Phi) is 2.62. The highest BCUT2D eigenvalue weighted by Crippen LogP contribution is 2.29. The van der Waals surface area contributed by atoms with Crippen molar-refractivity contribution < 1.29 is 14.6 Å². The van der Waals surface area contributed by atoms with Gasteiger partial charge in [-0.15, -0.1) is 0 Å². The molecule has 0 bridgehead atoms. The number of ether oxygens (including phenoxy) is 1. The van der Waals surface area contributed by atoms with Crippen LogP contribution < -0.4 is 9.84 Å². The van der Waals surface area contributed by atoms with E-state index in [4.69, 9.17) is 4.74 Å². The molecule has 1 aromatic carbocycles. The average molecular weight is 205 g/mol. The monoisotopic (exact) mass is 205 g/mol. The molecule has 2 rings (SSSR count). The van der Waals surface area contributed by atoms with E-state index in [9.17, 15) is 9.90 Å². The Morgan fingerprint density at radius 3 is 3.13 bits per heavy atom. The van der Waals surface area contributed by atoms with Crippen molar-refractivity contribution in [3.8, 4) is 5.75 Å². The van der Waals surface area contributed by atoms with Gasteiger partial charge in [-0.05, 0) is 37.0 Å². The van der Waals surface area contributed by atoms with E-state index in [1.54, 1.807) is 0 Å². The Labute approximate surface area is 88.7 Å². The van der Waals surface area contributed by atoms with Crippen LogP contribution >= 0.6 is 0 Å². The Bertz CT molecular complexity index is 384. The zero-order chi connectivity index (χ0) is 10.8. The summed E-state index contributed by atoms with van der Waals surface area (Å²) in [4.78, 5) is 10.3. The molecule has 1 aliphatic rings. The predicted molar refractivity (Wildman–Crippen MR) is 53.6 cm³/mol. The molecule has 0 fully saturated rings. The average Bonchev–Trinajstić information content (AvgIpc) is 2.53. The van der Waals surface area contributed by atoms with Crippen molar-refractivity contribution in [2.45, 2.75) is 32.3 Å². The number of aliphatic carboxylic acids is 1. The third-order valence-electron chi connectivity index (χ3n) is 2.58. The van der Waals surface area contributed by atoms with Gasteiger partial charge < -0.3 is 14.6 Å². The molecule has 1 aromatic rings. The molecule has 80 valence electrons. The van der Waals surface area contributed by atoms with Gasteiger partial charge in [0.05, 0.1) is 0 Å². The van der Waals surface area contributed by atoms with Gasteiger partial charge in [0.1, 0.15) is 11.9 Å². The van der Waals surface area contributed by atoms with Crippen molar-refractivity contribution in [3.63, 3.8) is 0 Å². The fourth-order valence-corrected chi connectivity index (χ4v) is 1.88. The molecule has 0 aromatic heterocycles. The highest BCUT2D eigenvalue weighted by Gasteiger charge is 2.18. The van der Waals surface area contributed by atoms with Crippen molar-refractivity contribution in [1.29, 1.82) is 0 Å². The highest BCUT2D eigenvalue weighted by molar-refractivity contribution is 5.64. The molecule has 0 unspecified atom stereocenters. The van der Waals surface area contributed by atoms with Crippen molar-refractivity contribution in [1.82, 2.24) is 0 Å². The first-order valence-corrected chi connectivity index (χ1v) is 5.13. The van der Waals surface area contributed by atoms with Crippen LogP contribution in [0.1, 0.15) is 24.5 Å². The SMILES string of the molecule is C[C@H]1Cc2cc(CCC(=O)[O-])ccc2O1. The van der Waals surface area contributed by atoms with E-state index >= 15 is 0 Å². The molecule has 0 N–H and O–H groups in total. The van der Waals surface area contributed by atoms with Gasteiger partial charge >= 0.3 is 0 Å². The number of benzene rings is 1. The van der Waals surface area contributed by atoms with E-state index < -0.39 is 5.97 Å². The van der Waals surface area contributed by atoms with Gasteiger partial charge in [0.15, 0.2) is 0 Å². The van der Waals surface area contributed by atoms with E-state index in [1.165, 1.54) is 5.56 Å². The lowest BCUT2D eigenvalue weighted by Crippen LogP contribution is -2.22. The fourth-order valence-electron chi connectivity index (χ4n) is 1.88. The van der Waals surface area contributed by atoms with Gasteiger partial charge in [-0.25, -0.2) is 0 Å². The Balaban J connectivity index is 2.09. The number of hydrogen-bond acceptors (Lipinski definition) is 3. The zero-order valence-electron chi connectivity index (χ0n) is 8.66. The minimum atomic E-state index is -1.000. The van der Waals surface area contributed by atoms with E-state index in [-0.39, 0.29) is 12.5 Å². The summed E-state index contributed by atoms with van der Waals surface area (Å²) >= 11 is 0. The third-order valence-corrected chi connectivity index (χ3v) is 2.58. The van der Waals surface area contributed by atoms with E-state index in [2.05, 4.69) is 0 Å². The van der Waals surface area contributed by atoms with Crippen LogP contribution in [0.2, 0.25) is 0 Å². The predicted octanol–water partition coefficient (Wildman–Crippen LogP) is 0.692. The maximum atomic E-state index is 10.3. The molecule has 3 nitrogen and oxygen atoms in total. The van der Waals surface area contributed by atoms with Crippen LogP contribution in [0.25, 0.3) is 0 Å². The molecule has 1 heterocycles. The molecular weight excluding hydrogens is 192 g/mol. The number of carboxylic acids is 1. The van der Waals surface area contributed by atoms with Crippen LogP contribution in [-0.2, 0) is 17.6 Å². The van der Waals surface area contributed by atoms with Crippen LogP contribution in [0.3, 0.4) is 0 Å². The largest absolute Gasteiger partial charge is 0.550 e. The van der Waals surface area contributed by atoms with Crippen LogP contribution in [0.15, 0.2) is 18.2 Å². The quantitative estimate of drug-likeness (QED) is 0.729. The van der Waals surface area contributed by atoms with Gasteiger partial charge in [-0.1, -0.05) is 12.1 Å². The van der Waals surface area contributed by atoms with Gasteiger partial charge in [0, 0.05) is 12.4 Å². The summed E-state index contributed by atoms with van der Waals surface area (Å²) in [6, 6.07) is 5.87. The summed E-state index contributed by atoms with van der Waals surface area (Å²) in [6.07, 6.45) is 1.75. The molecule has 0 amide bonds. The molecule has 15 heavy (non-hydrogen) atoms. The second-order valence-electron chi connectivity index (χ2n) is 3.95. The van der Waals surface area contributed by atoms with E-state index in [0.29, 0.717) is 6.42 Å². The fraction of sp³-hybridized carbons (Fsp3) is 0.417. The number of fused-ring (bicyclic) bond motifs is 1. The lowest BCUT2D eigenvalue weighted by Gasteiger charge is -2.05. The summed E-state index contributed by atoms with van der Waals surface area (Å²) in [5.74, 6) is -0.0696. The van der Waals surface area contributed by atoms with Gasteiger partial charge in [-0.2, -0.15) is 0 Å². The van der Waals surface area contributed by atoms with Crippen LogP contribution in [0, 0.1) is 0 Å². The first-order chi connectivity index (χ1) is 7.15. The molecule has 1 atom stereocenters. The molecule has 0 radical (unpaired) electrons. The van der Waals surface area contributed by atoms with Gasteiger partial charge in [-0.3, -0.25) is 0 Å². The lowest BCUT2D eigenvalue weighted by atomic mass is 10.0. The summed E-state index contributed by atoms with van der Waals surface area (Å²) in [6.45, 7) is 2.03. The topological polar surface area (TPSA) is 49.4 Å². The first-order valence-electron chi connectivity index (χ1n) is 5.13. The maximum Gasteiger partial charge on any atom is 0.123 e. The van der Waals surface area contributed by atoms with E-state index in [1.807, 2.05) is 25.1 Å². The number of rotatable bonds is 3. The number of aryl methyl sites for hydroxylation is 1. The number of carbonyl (C=O) groups excluding carboxylic acids is 1. The van der Waals surface area contributed by atoms with Crippen LogP contribution in [0.5, 0.6) is 5.75 Å². The van der Waals surface area contributed by atoms with Gasteiger partial charge in [0.25, 0.3) is 0 Å². The van der Waals surface area contributed by atoms with Gasteiger partial charge in [0.2, 0.25) is 0 Å². The molecule has 0 saturated heterocycles. The first kappa shape index (κ1) is 10.0. The van der Waals surface area contributed by atoms with Crippen LogP contribution in [-0.4, -0.2) is 12.1 Å². The van der Waals surface area contributed by atoms with E-state index in [0.717, 1.165) is 17.7 Å². The molecule has 3 heteroatoms. The van der Waals surface area contributed by atoms with Crippen molar-refractivity contribution in [2.75, 3.05) is 0 Å². The highest BCUT2D eigenvalue weighted by atomic mass is 16.5. The third kappa shape index (κ3) is 2.29. The lowest BCUT2D eigenvalue weighted by molar-refractivity contribution is -0.305. The standard InChI is InChI=1S/C12H14O3/c1-8-6-10-7-9(3-5-12(13)14)2-4-11(10)15-8/h2,4,7-8H,3,5-6H2,1H3,(H,13,14)/p-1/t8-/m0/s1. The molecule has 1 aliphatic heterocycles. The molecule has 0 saturated carbocycles. The normalized spacial score (nSPS) is 18.3. The molecule has 0 spiro atoms. The van der Waals surface area contributed by atoms with Crippen molar-refractivity contribution >= 4 is 5.97 Å². The van der Waals surface area contributed by atoms with Crippen molar-refractivity contribution in [3.05, 3.63) is 29.3 Å². The molecule has 0 aliphatic carbocycles.